The van der Waals surface area contributed by atoms with Gasteiger partial charge >= 0.3 is 5.97 Å². The molecule has 0 fully saturated rings. The van der Waals surface area contributed by atoms with Gasteiger partial charge in [-0.2, -0.15) is 0 Å². The van der Waals surface area contributed by atoms with Gasteiger partial charge < -0.3 is 27.9 Å². The molecule has 0 aromatic rings. The van der Waals surface area contributed by atoms with Gasteiger partial charge in [0.25, 0.3) is 7.82 Å². The maximum absolute atomic E-state index is 12.3. The van der Waals surface area contributed by atoms with Crippen LogP contribution in [0.15, 0.2) is 0 Å². The largest absolute Gasteiger partial charge is 0.756 e. The molecule has 0 aromatic heterocycles. The number of ether oxygens (including phenoxy) is 2. The zero-order valence-corrected chi connectivity index (χ0v) is 24.2. The predicted molar refractivity (Wildman–Crippen MR) is 139 cm³/mol. The van der Waals surface area contributed by atoms with Crippen molar-refractivity contribution < 1.29 is 37.3 Å². The molecule has 0 radical (unpaired) electrons. The molecule has 0 amide bonds. The number of esters is 1. The minimum Gasteiger partial charge on any atom is -0.756 e. The van der Waals surface area contributed by atoms with Gasteiger partial charge in [-0.05, 0) is 12.8 Å². The SMILES string of the molecule is CCCCCCCCCCOCC(COP(=O)([O-])OCC[N+](C)(C)C)OC(=O)CCCCCCC. The first-order valence-corrected chi connectivity index (χ1v) is 15.2. The standard InChI is InChI=1S/C26H54NO7P/c1-6-8-10-12-13-14-16-18-21-31-23-25(34-26(28)19-17-15-11-9-7-2)24-33-35(29,30)32-22-20-27(3,4)5/h25H,6-24H2,1-5H3. The molecule has 9 heteroatoms. The molecule has 0 saturated heterocycles. The van der Waals surface area contributed by atoms with E-state index in [4.69, 9.17) is 18.5 Å². The lowest BCUT2D eigenvalue weighted by Crippen LogP contribution is -2.37. The molecule has 0 aliphatic carbocycles. The first-order valence-electron chi connectivity index (χ1n) is 13.8. The third kappa shape index (κ3) is 25.0. The molecule has 0 rings (SSSR count). The van der Waals surface area contributed by atoms with Crippen LogP contribution in [-0.2, 0) is 27.9 Å². The molecule has 0 spiro atoms. The fraction of sp³-hybridized carbons (Fsp3) is 0.962. The second kappa shape index (κ2) is 21.6. The summed E-state index contributed by atoms with van der Waals surface area (Å²) in [7, 11) is 1.36. The van der Waals surface area contributed by atoms with Crippen molar-refractivity contribution in [1.29, 1.82) is 0 Å². The van der Waals surface area contributed by atoms with E-state index < -0.39 is 13.9 Å². The molecular formula is C26H54NO7P. The fourth-order valence-corrected chi connectivity index (χ4v) is 4.15. The summed E-state index contributed by atoms with van der Waals surface area (Å²) in [4.78, 5) is 24.4. The van der Waals surface area contributed by atoms with Gasteiger partial charge in [0.1, 0.15) is 19.3 Å². The van der Waals surface area contributed by atoms with E-state index in [0.717, 1.165) is 44.9 Å². The Hall–Kier alpha value is -0.500. The van der Waals surface area contributed by atoms with Crippen molar-refractivity contribution in [3.05, 3.63) is 0 Å². The third-order valence-corrected chi connectivity index (χ3v) is 6.62. The number of rotatable bonds is 25. The molecule has 210 valence electrons. The predicted octanol–water partition coefficient (Wildman–Crippen LogP) is 5.62. The average molecular weight is 524 g/mol. The molecule has 0 aromatic carbocycles. The Kier molecular flexibility index (Phi) is 21.3. The zero-order chi connectivity index (χ0) is 26.4. The van der Waals surface area contributed by atoms with Gasteiger partial charge in [-0.3, -0.25) is 9.36 Å². The van der Waals surface area contributed by atoms with Crippen LogP contribution in [0.4, 0.5) is 0 Å². The van der Waals surface area contributed by atoms with E-state index in [1.54, 1.807) is 0 Å². The van der Waals surface area contributed by atoms with Crippen LogP contribution in [0.25, 0.3) is 0 Å². The van der Waals surface area contributed by atoms with E-state index in [1.165, 1.54) is 38.5 Å². The number of phosphoric acid groups is 1. The Balaban J connectivity index is 4.40. The van der Waals surface area contributed by atoms with Crippen LogP contribution in [0.3, 0.4) is 0 Å². The summed E-state index contributed by atoms with van der Waals surface area (Å²) in [6, 6.07) is 0. The van der Waals surface area contributed by atoms with E-state index in [1.807, 2.05) is 21.1 Å². The smallest absolute Gasteiger partial charge is 0.306 e. The summed E-state index contributed by atoms with van der Waals surface area (Å²) in [6.07, 6.45) is 14.3. The Morgan fingerprint density at radius 1 is 0.771 bits per heavy atom. The van der Waals surface area contributed by atoms with Crippen molar-refractivity contribution in [2.24, 2.45) is 0 Å². The topological polar surface area (TPSA) is 94.1 Å². The summed E-state index contributed by atoms with van der Waals surface area (Å²) in [6.45, 7) is 5.27. The lowest BCUT2D eigenvalue weighted by molar-refractivity contribution is -0.870. The second-order valence-corrected chi connectivity index (χ2v) is 11.8. The van der Waals surface area contributed by atoms with Crippen LogP contribution in [0.2, 0.25) is 0 Å². The van der Waals surface area contributed by atoms with Crippen molar-refractivity contribution in [3.8, 4) is 0 Å². The molecule has 0 heterocycles. The molecular weight excluding hydrogens is 469 g/mol. The van der Waals surface area contributed by atoms with Crippen LogP contribution in [-0.4, -0.2) is 70.7 Å². The van der Waals surface area contributed by atoms with Crippen LogP contribution in [0.5, 0.6) is 0 Å². The van der Waals surface area contributed by atoms with Gasteiger partial charge in [-0.15, -0.1) is 0 Å². The van der Waals surface area contributed by atoms with E-state index in [9.17, 15) is 14.3 Å². The van der Waals surface area contributed by atoms with Crippen molar-refractivity contribution in [1.82, 2.24) is 0 Å². The molecule has 0 aliphatic rings. The highest BCUT2D eigenvalue weighted by Gasteiger charge is 2.20. The van der Waals surface area contributed by atoms with Gasteiger partial charge in [0.2, 0.25) is 0 Å². The van der Waals surface area contributed by atoms with E-state index in [2.05, 4.69) is 13.8 Å². The first-order chi connectivity index (χ1) is 16.6. The lowest BCUT2D eigenvalue weighted by atomic mass is 10.1. The second-order valence-electron chi connectivity index (χ2n) is 10.4. The normalized spacial score (nSPS) is 14.6. The Labute approximate surface area is 215 Å². The highest BCUT2D eigenvalue weighted by atomic mass is 31.2. The Morgan fingerprint density at radius 2 is 1.31 bits per heavy atom. The van der Waals surface area contributed by atoms with Crippen LogP contribution in [0, 0.1) is 0 Å². The van der Waals surface area contributed by atoms with E-state index >= 15 is 0 Å². The van der Waals surface area contributed by atoms with Gasteiger partial charge in [0.05, 0.1) is 34.4 Å². The van der Waals surface area contributed by atoms with Crippen LogP contribution >= 0.6 is 7.82 Å². The van der Waals surface area contributed by atoms with Crippen molar-refractivity contribution in [3.63, 3.8) is 0 Å². The lowest BCUT2D eigenvalue weighted by Gasteiger charge is -2.28. The third-order valence-electron chi connectivity index (χ3n) is 5.66. The summed E-state index contributed by atoms with van der Waals surface area (Å²) < 4.78 is 33.8. The van der Waals surface area contributed by atoms with Crippen molar-refractivity contribution in [2.45, 2.75) is 110 Å². The summed E-state index contributed by atoms with van der Waals surface area (Å²) in [5.74, 6) is -0.350. The monoisotopic (exact) mass is 523 g/mol. The Bertz CT molecular complexity index is 554. The number of quaternary nitrogens is 1. The van der Waals surface area contributed by atoms with E-state index in [0.29, 0.717) is 24.1 Å². The molecule has 0 N–H and O–H groups in total. The quantitative estimate of drug-likeness (QED) is 0.0663. The number of nitrogens with zero attached hydrogens (tertiary/aromatic N) is 1. The molecule has 0 saturated carbocycles. The number of likely N-dealkylation sites (N-methyl/N-ethyl adjacent to an activating group) is 1. The van der Waals surface area contributed by atoms with Crippen LogP contribution in [0.1, 0.15) is 104 Å². The van der Waals surface area contributed by atoms with Gasteiger partial charge in [-0.1, -0.05) is 84.5 Å². The maximum atomic E-state index is 12.3. The highest BCUT2D eigenvalue weighted by Crippen LogP contribution is 2.38. The average Bonchev–Trinajstić information content (AvgIpc) is 2.77. The minimum absolute atomic E-state index is 0.0292. The molecule has 8 nitrogen and oxygen atoms in total. The van der Waals surface area contributed by atoms with E-state index in [-0.39, 0.29) is 25.8 Å². The molecule has 0 aliphatic heterocycles. The summed E-state index contributed by atoms with van der Waals surface area (Å²) >= 11 is 0. The van der Waals surface area contributed by atoms with Gasteiger partial charge in [0, 0.05) is 13.0 Å². The van der Waals surface area contributed by atoms with Gasteiger partial charge in [0.15, 0.2) is 0 Å². The Morgan fingerprint density at radius 3 is 1.89 bits per heavy atom. The molecule has 0 bridgehead atoms. The van der Waals surface area contributed by atoms with Crippen LogP contribution < -0.4 is 4.89 Å². The maximum Gasteiger partial charge on any atom is 0.306 e. The van der Waals surface area contributed by atoms with Crippen molar-refractivity contribution >= 4 is 13.8 Å². The summed E-state index contributed by atoms with van der Waals surface area (Å²) in [5.41, 5.74) is 0. The highest BCUT2D eigenvalue weighted by molar-refractivity contribution is 7.45. The number of carbonyl (C=O) groups is 1. The minimum atomic E-state index is -4.48. The number of hydrogen-bond acceptors (Lipinski definition) is 7. The first kappa shape index (κ1) is 34.5. The number of carbonyl (C=O) groups excluding carboxylic acids is 1. The fourth-order valence-electron chi connectivity index (χ4n) is 3.42. The number of unbranched alkanes of at least 4 members (excludes halogenated alkanes) is 11. The van der Waals surface area contributed by atoms with Gasteiger partial charge in [-0.25, -0.2) is 0 Å². The number of phosphoric ester groups is 1. The van der Waals surface area contributed by atoms with Crippen molar-refractivity contribution in [2.75, 3.05) is 54.1 Å². The number of hydrogen-bond donors (Lipinski definition) is 0. The summed E-state index contributed by atoms with van der Waals surface area (Å²) in [5, 5.41) is 0. The molecule has 2 atom stereocenters. The zero-order valence-electron chi connectivity index (χ0n) is 23.3. The molecule has 35 heavy (non-hydrogen) atoms. The molecule has 2 unspecified atom stereocenters.